The molecule has 0 aromatic heterocycles. The third kappa shape index (κ3) is 3.67. The molecule has 4 atom stereocenters. The third-order valence-corrected chi connectivity index (χ3v) is 4.28. The Hall–Kier alpha value is -0.120. The minimum Gasteiger partial charge on any atom is -0.378 e. The normalized spacial score (nSPS) is 35.3. The summed E-state index contributed by atoms with van der Waals surface area (Å²) in [5.74, 6) is 0.704. The van der Waals surface area contributed by atoms with Crippen molar-refractivity contribution in [2.45, 2.75) is 63.7 Å². The molecule has 4 unspecified atom stereocenters. The second kappa shape index (κ2) is 6.72. The molecule has 100 valence electrons. The van der Waals surface area contributed by atoms with E-state index >= 15 is 0 Å². The summed E-state index contributed by atoms with van der Waals surface area (Å²) in [4.78, 5) is 0. The molecule has 2 aliphatic heterocycles. The van der Waals surface area contributed by atoms with Gasteiger partial charge in [0.15, 0.2) is 0 Å². The Morgan fingerprint density at radius 1 is 1.24 bits per heavy atom. The smallest absolute Gasteiger partial charge is 0.0754 e. The molecule has 2 saturated heterocycles. The average Bonchev–Trinajstić information content (AvgIpc) is 2.96. The van der Waals surface area contributed by atoms with Crippen molar-refractivity contribution in [2.75, 3.05) is 20.3 Å². The van der Waals surface area contributed by atoms with Gasteiger partial charge in [-0.3, -0.25) is 0 Å². The van der Waals surface area contributed by atoms with Gasteiger partial charge < -0.3 is 14.8 Å². The Kier molecular flexibility index (Phi) is 5.26. The van der Waals surface area contributed by atoms with Crippen molar-refractivity contribution in [1.82, 2.24) is 5.32 Å². The summed E-state index contributed by atoms with van der Waals surface area (Å²) in [6.45, 7) is 4.22. The third-order valence-electron chi connectivity index (χ3n) is 4.28. The van der Waals surface area contributed by atoms with E-state index in [4.69, 9.17) is 9.47 Å². The number of hydrogen-bond acceptors (Lipinski definition) is 3. The summed E-state index contributed by atoms with van der Waals surface area (Å²) in [5, 5.41) is 3.43. The molecule has 3 heteroatoms. The van der Waals surface area contributed by atoms with Crippen molar-refractivity contribution in [3.05, 3.63) is 0 Å². The van der Waals surface area contributed by atoms with Crippen molar-refractivity contribution in [3.8, 4) is 0 Å². The Labute approximate surface area is 105 Å². The molecular weight excluding hydrogens is 214 g/mol. The standard InChI is InChI=1S/C14H27NO2/c1-11-8-10-17-14(11)13(15-2)7-3-5-12-6-4-9-16-12/h11-15H,3-10H2,1-2H3. The molecule has 17 heavy (non-hydrogen) atoms. The highest BCUT2D eigenvalue weighted by molar-refractivity contribution is 4.84. The molecule has 0 saturated carbocycles. The van der Waals surface area contributed by atoms with Crippen LogP contribution in [0.1, 0.15) is 45.4 Å². The van der Waals surface area contributed by atoms with Gasteiger partial charge in [0.25, 0.3) is 0 Å². The molecule has 0 aromatic rings. The minimum atomic E-state index is 0.421. The van der Waals surface area contributed by atoms with E-state index in [9.17, 15) is 0 Å². The molecule has 0 bridgehead atoms. The van der Waals surface area contributed by atoms with Crippen LogP contribution in [0.4, 0.5) is 0 Å². The lowest BCUT2D eigenvalue weighted by atomic mass is 9.93. The Morgan fingerprint density at radius 2 is 2.12 bits per heavy atom. The van der Waals surface area contributed by atoms with E-state index in [1.165, 1.54) is 38.5 Å². The molecule has 0 aromatic carbocycles. The van der Waals surface area contributed by atoms with Gasteiger partial charge in [0, 0.05) is 19.3 Å². The van der Waals surface area contributed by atoms with E-state index in [2.05, 4.69) is 19.3 Å². The molecule has 2 rings (SSSR count). The number of nitrogens with one attached hydrogen (secondary N) is 1. The average molecular weight is 241 g/mol. The van der Waals surface area contributed by atoms with E-state index in [1.807, 2.05) is 0 Å². The minimum absolute atomic E-state index is 0.421. The zero-order valence-electron chi connectivity index (χ0n) is 11.3. The predicted octanol–water partition coefficient (Wildman–Crippen LogP) is 2.35. The van der Waals surface area contributed by atoms with Gasteiger partial charge in [-0.15, -0.1) is 0 Å². The van der Waals surface area contributed by atoms with Gasteiger partial charge in [0.05, 0.1) is 12.2 Å². The summed E-state index contributed by atoms with van der Waals surface area (Å²) in [5.41, 5.74) is 0. The van der Waals surface area contributed by atoms with Crippen LogP contribution in [0.25, 0.3) is 0 Å². The first-order chi connectivity index (χ1) is 8.31. The van der Waals surface area contributed by atoms with Gasteiger partial charge in [-0.1, -0.05) is 6.92 Å². The first kappa shape index (κ1) is 13.3. The Balaban J connectivity index is 1.67. The maximum Gasteiger partial charge on any atom is 0.0754 e. The molecule has 1 N–H and O–H groups in total. The molecule has 0 spiro atoms. The lowest BCUT2D eigenvalue weighted by Gasteiger charge is -2.26. The highest BCUT2D eigenvalue weighted by atomic mass is 16.5. The number of rotatable bonds is 6. The van der Waals surface area contributed by atoms with E-state index in [1.54, 1.807) is 0 Å². The molecular formula is C14H27NO2. The predicted molar refractivity (Wildman–Crippen MR) is 69.2 cm³/mol. The van der Waals surface area contributed by atoms with Gasteiger partial charge in [-0.25, -0.2) is 0 Å². The van der Waals surface area contributed by atoms with Gasteiger partial charge in [0.1, 0.15) is 0 Å². The monoisotopic (exact) mass is 241 g/mol. The maximum absolute atomic E-state index is 5.85. The molecule has 2 fully saturated rings. The second-order valence-corrected chi connectivity index (χ2v) is 5.56. The fraction of sp³-hybridized carbons (Fsp3) is 1.00. The first-order valence-electron chi connectivity index (χ1n) is 7.21. The maximum atomic E-state index is 5.85. The van der Waals surface area contributed by atoms with Crippen LogP contribution in [0.3, 0.4) is 0 Å². The summed E-state index contributed by atoms with van der Waals surface area (Å²) < 4.78 is 11.5. The van der Waals surface area contributed by atoms with Gasteiger partial charge in [0.2, 0.25) is 0 Å². The number of hydrogen-bond donors (Lipinski definition) is 1. The SMILES string of the molecule is CNC(CCCC1CCCO1)C1OCCC1C. The van der Waals surface area contributed by atoms with Crippen molar-refractivity contribution in [2.24, 2.45) is 5.92 Å². The van der Waals surface area contributed by atoms with E-state index in [0.717, 1.165) is 13.2 Å². The van der Waals surface area contributed by atoms with Gasteiger partial charge in [-0.05, 0) is 51.5 Å². The second-order valence-electron chi connectivity index (χ2n) is 5.56. The van der Waals surface area contributed by atoms with Crippen molar-refractivity contribution >= 4 is 0 Å². The highest BCUT2D eigenvalue weighted by Gasteiger charge is 2.30. The molecule has 0 radical (unpaired) electrons. The summed E-state index contributed by atoms with van der Waals surface area (Å²) >= 11 is 0. The van der Waals surface area contributed by atoms with E-state index in [-0.39, 0.29) is 0 Å². The zero-order chi connectivity index (χ0) is 12.1. The number of ether oxygens (including phenoxy) is 2. The lowest BCUT2D eigenvalue weighted by Crippen LogP contribution is -2.40. The molecule has 3 nitrogen and oxygen atoms in total. The van der Waals surface area contributed by atoms with Crippen molar-refractivity contribution < 1.29 is 9.47 Å². The van der Waals surface area contributed by atoms with Crippen LogP contribution in [0.15, 0.2) is 0 Å². The fourth-order valence-electron chi connectivity index (χ4n) is 3.14. The Morgan fingerprint density at radius 3 is 2.71 bits per heavy atom. The van der Waals surface area contributed by atoms with Crippen LogP contribution in [-0.2, 0) is 9.47 Å². The van der Waals surface area contributed by atoms with E-state index in [0.29, 0.717) is 24.2 Å². The molecule has 0 amide bonds. The largest absolute Gasteiger partial charge is 0.378 e. The van der Waals surface area contributed by atoms with Crippen LogP contribution < -0.4 is 5.32 Å². The summed E-state index contributed by atoms with van der Waals surface area (Å²) in [6.07, 6.45) is 8.38. The van der Waals surface area contributed by atoms with Gasteiger partial charge in [-0.2, -0.15) is 0 Å². The van der Waals surface area contributed by atoms with Crippen LogP contribution in [-0.4, -0.2) is 38.5 Å². The fourth-order valence-corrected chi connectivity index (χ4v) is 3.14. The van der Waals surface area contributed by atoms with Crippen LogP contribution in [0, 0.1) is 5.92 Å². The van der Waals surface area contributed by atoms with Crippen molar-refractivity contribution in [1.29, 1.82) is 0 Å². The lowest BCUT2D eigenvalue weighted by molar-refractivity contribution is 0.0563. The van der Waals surface area contributed by atoms with Crippen LogP contribution in [0.2, 0.25) is 0 Å². The first-order valence-corrected chi connectivity index (χ1v) is 7.21. The van der Waals surface area contributed by atoms with Gasteiger partial charge >= 0.3 is 0 Å². The topological polar surface area (TPSA) is 30.5 Å². The number of likely N-dealkylation sites (N-methyl/N-ethyl adjacent to an activating group) is 1. The quantitative estimate of drug-likeness (QED) is 0.774. The summed E-state index contributed by atoms with van der Waals surface area (Å²) in [6, 6.07) is 0.522. The summed E-state index contributed by atoms with van der Waals surface area (Å²) in [7, 11) is 2.06. The van der Waals surface area contributed by atoms with Crippen LogP contribution in [0.5, 0.6) is 0 Å². The zero-order valence-corrected chi connectivity index (χ0v) is 11.3. The molecule has 2 heterocycles. The van der Waals surface area contributed by atoms with Crippen molar-refractivity contribution in [3.63, 3.8) is 0 Å². The molecule has 0 aliphatic carbocycles. The van der Waals surface area contributed by atoms with E-state index < -0.39 is 0 Å². The Bertz CT molecular complexity index is 216. The highest BCUT2D eigenvalue weighted by Crippen LogP contribution is 2.26. The van der Waals surface area contributed by atoms with Crippen LogP contribution >= 0.6 is 0 Å². The molecule has 2 aliphatic rings.